The maximum atomic E-state index is 13.3. The number of carbonyl (C=O) groups excluding carboxylic acids is 1. The van der Waals surface area contributed by atoms with Crippen molar-refractivity contribution in [1.29, 1.82) is 0 Å². The first-order valence-electron chi connectivity index (χ1n) is 10.9. The average molecular weight is 480 g/mol. The van der Waals surface area contributed by atoms with Gasteiger partial charge in [0.1, 0.15) is 0 Å². The first kappa shape index (κ1) is 23.5. The van der Waals surface area contributed by atoms with Crippen LogP contribution < -0.4 is 10.6 Å². The van der Waals surface area contributed by atoms with Crippen molar-refractivity contribution in [3.63, 3.8) is 0 Å². The second kappa shape index (κ2) is 9.66. The van der Waals surface area contributed by atoms with Crippen molar-refractivity contribution >= 4 is 33.4 Å². The molecule has 3 N–H and O–H groups in total. The standard InChI is InChI=1S/C25H25N3O5S/c1-2-28(34(32,33)19-8-4-3-5-9-19)23-15-13-17-16-18(12-14-20(17)23)24(29)26-21-10-6-7-11-22(21)27-25(30)31/h3-12,14,16,23,27H,2,13,15H2,1H3,(H,26,29)(H,30,31). The highest BCUT2D eigenvalue weighted by atomic mass is 32.2. The highest BCUT2D eigenvalue weighted by Gasteiger charge is 2.35. The van der Waals surface area contributed by atoms with Crippen molar-refractivity contribution in [2.24, 2.45) is 0 Å². The van der Waals surface area contributed by atoms with E-state index in [4.69, 9.17) is 5.11 Å². The molecule has 4 rings (SSSR count). The molecule has 0 fully saturated rings. The summed E-state index contributed by atoms with van der Waals surface area (Å²) in [6.07, 6.45) is 0.0568. The number of rotatable bonds is 7. The summed E-state index contributed by atoms with van der Waals surface area (Å²) < 4.78 is 28.0. The lowest BCUT2D eigenvalue weighted by molar-refractivity contribution is 0.102. The number of amides is 2. The average Bonchev–Trinajstić information content (AvgIpc) is 3.24. The third-order valence-corrected chi connectivity index (χ3v) is 7.88. The van der Waals surface area contributed by atoms with Crippen LogP contribution in [0.25, 0.3) is 0 Å². The molecule has 0 aromatic heterocycles. The minimum atomic E-state index is -3.66. The highest BCUT2D eigenvalue weighted by molar-refractivity contribution is 7.89. The summed E-state index contributed by atoms with van der Waals surface area (Å²) in [6, 6.07) is 19.9. The number of sulfonamides is 1. The molecule has 0 heterocycles. The van der Waals surface area contributed by atoms with Gasteiger partial charge < -0.3 is 10.4 Å². The van der Waals surface area contributed by atoms with Gasteiger partial charge in [-0.3, -0.25) is 10.1 Å². The van der Waals surface area contributed by atoms with E-state index in [2.05, 4.69) is 10.6 Å². The predicted molar refractivity (Wildman–Crippen MR) is 130 cm³/mol. The third-order valence-electron chi connectivity index (χ3n) is 5.88. The van der Waals surface area contributed by atoms with Gasteiger partial charge in [-0.05, 0) is 60.4 Å². The zero-order valence-electron chi connectivity index (χ0n) is 18.6. The van der Waals surface area contributed by atoms with Crippen molar-refractivity contribution in [1.82, 2.24) is 4.31 Å². The molecule has 9 heteroatoms. The van der Waals surface area contributed by atoms with Gasteiger partial charge in [0.15, 0.2) is 0 Å². The minimum absolute atomic E-state index is 0.259. The molecule has 0 radical (unpaired) electrons. The maximum Gasteiger partial charge on any atom is 0.409 e. The van der Waals surface area contributed by atoms with Crippen molar-refractivity contribution in [3.8, 4) is 0 Å². The Morgan fingerprint density at radius 3 is 2.26 bits per heavy atom. The Balaban J connectivity index is 1.57. The number of para-hydroxylation sites is 2. The SMILES string of the molecule is CCN(C1CCc2cc(C(=O)Nc3ccccc3NC(=O)O)ccc21)S(=O)(=O)c1ccccc1. The molecular weight excluding hydrogens is 454 g/mol. The fraction of sp³-hybridized carbons (Fsp3) is 0.200. The summed E-state index contributed by atoms with van der Waals surface area (Å²) in [4.78, 5) is 24.1. The molecule has 1 aliphatic carbocycles. The van der Waals surface area contributed by atoms with Gasteiger partial charge in [0.25, 0.3) is 5.91 Å². The summed E-state index contributed by atoms with van der Waals surface area (Å²) in [5, 5.41) is 14.0. The van der Waals surface area contributed by atoms with E-state index < -0.39 is 16.1 Å². The number of anilines is 2. The summed E-state index contributed by atoms with van der Waals surface area (Å²) in [7, 11) is -3.66. The van der Waals surface area contributed by atoms with Gasteiger partial charge in [0.2, 0.25) is 10.0 Å². The Kier molecular flexibility index (Phi) is 6.67. The van der Waals surface area contributed by atoms with Gasteiger partial charge in [-0.1, -0.05) is 43.3 Å². The zero-order valence-corrected chi connectivity index (χ0v) is 19.4. The van der Waals surface area contributed by atoms with E-state index in [0.29, 0.717) is 30.6 Å². The Morgan fingerprint density at radius 1 is 0.971 bits per heavy atom. The molecule has 0 aliphatic heterocycles. The minimum Gasteiger partial charge on any atom is -0.465 e. The maximum absolute atomic E-state index is 13.3. The second-order valence-corrected chi connectivity index (χ2v) is 9.81. The van der Waals surface area contributed by atoms with Crippen LogP contribution in [0.5, 0.6) is 0 Å². The number of benzene rings is 3. The molecule has 1 atom stereocenters. The molecule has 1 aliphatic rings. The van der Waals surface area contributed by atoms with E-state index in [1.165, 1.54) is 4.31 Å². The molecule has 0 bridgehead atoms. The first-order chi connectivity index (χ1) is 16.3. The molecule has 3 aromatic carbocycles. The monoisotopic (exact) mass is 479 g/mol. The number of aryl methyl sites for hydroxylation is 1. The second-order valence-electron chi connectivity index (χ2n) is 7.92. The van der Waals surface area contributed by atoms with Gasteiger partial charge in [-0.15, -0.1) is 0 Å². The summed E-state index contributed by atoms with van der Waals surface area (Å²) in [5.41, 5.74) is 2.86. The van der Waals surface area contributed by atoms with Crippen molar-refractivity contribution in [2.75, 3.05) is 17.2 Å². The molecule has 0 saturated carbocycles. The van der Waals surface area contributed by atoms with Crippen molar-refractivity contribution < 1.29 is 23.1 Å². The summed E-state index contributed by atoms with van der Waals surface area (Å²) in [5.74, 6) is -0.379. The van der Waals surface area contributed by atoms with Crippen LogP contribution >= 0.6 is 0 Å². The molecule has 8 nitrogen and oxygen atoms in total. The summed E-state index contributed by atoms with van der Waals surface area (Å²) in [6.45, 7) is 2.15. The first-order valence-corrected chi connectivity index (χ1v) is 12.4. The van der Waals surface area contributed by atoms with E-state index in [1.807, 2.05) is 13.0 Å². The van der Waals surface area contributed by atoms with Gasteiger partial charge in [0.05, 0.1) is 22.3 Å². The number of hydrogen-bond donors (Lipinski definition) is 3. The highest BCUT2D eigenvalue weighted by Crippen LogP contribution is 2.39. The molecule has 3 aromatic rings. The van der Waals surface area contributed by atoms with Crippen molar-refractivity contribution in [2.45, 2.75) is 30.7 Å². The fourth-order valence-corrected chi connectivity index (χ4v) is 6.00. The normalized spacial score (nSPS) is 15.1. The van der Waals surface area contributed by atoms with E-state index in [0.717, 1.165) is 11.1 Å². The Labute approximate surface area is 198 Å². The lowest BCUT2D eigenvalue weighted by Gasteiger charge is -2.27. The number of nitrogens with zero attached hydrogens (tertiary/aromatic N) is 1. The Morgan fingerprint density at radius 2 is 1.62 bits per heavy atom. The Hall–Kier alpha value is -3.69. The topological polar surface area (TPSA) is 116 Å². The van der Waals surface area contributed by atoms with Crippen LogP contribution in [0.1, 0.15) is 40.9 Å². The van der Waals surface area contributed by atoms with Gasteiger partial charge in [0, 0.05) is 12.1 Å². The number of nitrogens with one attached hydrogen (secondary N) is 2. The zero-order chi connectivity index (χ0) is 24.3. The van der Waals surface area contributed by atoms with Crippen LogP contribution in [-0.4, -0.2) is 36.4 Å². The van der Waals surface area contributed by atoms with Crippen molar-refractivity contribution in [3.05, 3.63) is 89.5 Å². The summed E-state index contributed by atoms with van der Waals surface area (Å²) >= 11 is 0. The molecule has 2 amide bonds. The smallest absolute Gasteiger partial charge is 0.409 e. The van der Waals surface area contributed by atoms with Gasteiger partial charge in [-0.2, -0.15) is 4.31 Å². The lowest BCUT2D eigenvalue weighted by Crippen LogP contribution is -2.33. The fourth-order valence-electron chi connectivity index (χ4n) is 4.33. The molecule has 1 unspecified atom stereocenters. The van der Waals surface area contributed by atoms with Crippen LogP contribution in [0.15, 0.2) is 77.7 Å². The number of fused-ring (bicyclic) bond motifs is 1. The quantitative estimate of drug-likeness (QED) is 0.453. The Bertz CT molecular complexity index is 1330. The number of carboxylic acid groups (broad SMARTS) is 1. The van der Waals surface area contributed by atoms with E-state index >= 15 is 0 Å². The predicted octanol–water partition coefficient (Wildman–Crippen LogP) is 4.73. The van der Waals surface area contributed by atoms with Crippen LogP contribution in [0.4, 0.5) is 16.2 Å². The molecule has 0 saturated heterocycles. The third kappa shape index (κ3) is 4.66. The molecule has 34 heavy (non-hydrogen) atoms. The lowest BCUT2D eigenvalue weighted by atomic mass is 10.0. The molecule has 0 spiro atoms. The molecule has 176 valence electrons. The van der Waals surface area contributed by atoms with E-state index in [9.17, 15) is 18.0 Å². The van der Waals surface area contributed by atoms with Crippen LogP contribution in [0.2, 0.25) is 0 Å². The number of carbonyl (C=O) groups is 2. The largest absolute Gasteiger partial charge is 0.465 e. The van der Waals surface area contributed by atoms with E-state index in [1.54, 1.807) is 66.7 Å². The molecular formula is C25H25N3O5S. The van der Waals surface area contributed by atoms with Crippen LogP contribution in [0, 0.1) is 0 Å². The van der Waals surface area contributed by atoms with Gasteiger partial charge >= 0.3 is 6.09 Å². The van der Waals surface area contributed by atoms with Crippen LogP contribution in [-0.2, 0) is 16.4 Å². The van der Waals surface area contributed by atoms with Crippen LogP contribution in [0.3, 0.4) is 0 Å². The van der Waals surface area contributed by atoms with E-state index in [-0.39, 0.29) is 22.5 Å². The number of hydrogen-bond acceptors (Lipinski definition) is 4. The van der Waals surface area contributed by atoms with Gasteiger partial charge in [-0.25, -0.2) is 13.2 Å².